The summed E-state index contributed by atoms with van der Waals surface area (Å²) >= 11 is 6.08. The lowest BCUT2D eigenvalue weighted by atomic mass is 10.1. The quantitative estimate of drug-likeness (QED) is 0.708. The van der Waals surface area contributed by atoms with Gasteiger partial charge in [-0.25, -0.2) is 0 Å². The van der Waals surface area contributed by atoms with Crippen molar-refractivity contribution in [3.8, 4) is 0 Å². The Kier molecular flexibility index (Phi) is 3.46. The van der Waals surface area contributed by atoms with Crippen molar-refractivity contribution in [3.63, 3.8) is 0 Å². The number of hydrogen-bond acceptors (Lipinski definition) is 3. The number of carbonyl (C=O) groups is 1. The van der Waals surface area contributed by atoms with Crippen LogP contribution in [0.3, 0.4) is 0 Å². The highest BCUT2D eigenvalue weighted by atomic mass is 35.5. The van der Waals surface area contributed by atoms with Crippen molar-refractivity contribution >= 4 is 39.8 Å². The van der Waals surface area contributed by atoms with E-state index < -0.39 is 0 Å². The second-order valence-corrected chi connectivity index (χ2v) is 5.01. The summed E-state index contributed by atoms with van der Waals surface area (Å²) in [6.07, 6.45) is 1.67. The highest BCUT2D eigenvalue weighted by molar-refractivity contribution is 6.32. The van der Waals surface area contributed by atoms with Gasteiger partial charge in [0.2, 0.25) is 0 Å². The van der Waals surface area contributed by atoms with Crippen molar-refractivity contribution in [3.05, 3.63) is 65.3 Å². The maximum Gasteiger partial charge on any atom is 0.257 e. The predicted molar refractivity (Wildman–Crippen MR) is 85.6 cm³/mol. The van der Waals surface area contributed by atoms with Crippen LogP contribution in [0.1, 0.15) is 10.4 Å². The second-order valence-electron chi connectivity index (χ2n) is 4.57. The number of nitrogens with two attached hydrogens (primary N) is 1. The van der Waals surface area contributed by atoms with E-state index >= 15 is 0 Å². The third-order valence-electron chi connectivity index (χ3n) is 3.12. The number of nitrogens with one attached hydrogen (secondary N) is 1. The number of nitrogen functional groups attached to an aromatic ring is 1. The van der Waals surface area contributed by atoms with Crippen molar-refractivity contribution in [2.75, 3.05) is 11.1 Å². The molecule has 1 heterocycles. The number of rotatable bonds is 2. The summed E-state index contributed by atoms with van der Waals surface area (Å²) in [6, 6.07) is 14.1. The average molecular weight is 298 g/mol. The minimum Gasteiger partial charge on any atom is -0.398 e. The molecule has 0 spiro atoms. The minimum absolute atomic E-state index is 0.290. The second kappa shape index (κ2) is 5.42. The van der Waals surface area contributed by atoms with Crippen molar-refractivity contribution in [1.29, 1.82) is 0 Å². The molecular formula is C16H12ClN3O. The molecule has 1 amide bonds. The molecular weight excluding hydrogens is 286 g/mol. The molecule has 0 aliphatic heterocycles. The number of para-hydroxylation sites is 1. The van der Waals surface area contributed by atoms with Gasteiger partial charge < -0.3 is 11.1 Å². The largest absolute Gasteiger partial charge is 0.398 e. The summed E-state index contributed by atoms with van der Waals surface area (Å²) in [4.78, 5) is 16.6. The summed E-state index contributed by atoms with van der Waals surface area (Å²) < 4.78 is 0. The van der Waals surface area contributed by atoms with Gasteiger partial charge in [0.25, 0.3) is 5.91 Å². The van der Waals surface area contributed by atoms with E-state index in [2.05, 4.69) is 10.3 Å². The fourth-order valence-corrected chi connectivity index (χ4v) is 2.37. The molecule has 2 aromatic carbocycles. The molecule has 21 heavy (non-hydrogen) atoms. The van der Waals surface area contributed by atoms with Crippen LogP contribution < -0.4 is 11.1 Å². The molecule has 0 fully saturated rings. The van der Waals surface area contributed by atoms with Crippen molar-refractivity contribution in [2.24, 2.45) is 0 Å². The van der Waals surface area contributed by atoms with Gasteiger partial charge in [0, 0.05) is 22.3 Å². The lowest BCUT2D eigenvalue weighted by Crippen LogP contribution is -2.14. The van der Waals surface area contributed by atoms with Gasteiger partial charge in [0.05, 0.1) is 16.8 Å². The standard InChI is InChI=1S/C16H12ClN3O/c17-11-8-10-4-3-7-19-15(10)14(9-11)20-16(21)12-5-1-2-6-13(12)18/h1-9H,18H2,(H,20,21). The van der Waals surface area contributed by atoms with Crippen LogP contribution >= 0.6 is 11.6 Å². The van der Waals surface area contributed by atoms with E-state index in [1.54, 1.807) is 42.6 Å². The number of amides is 1. The first-order valence-electron chi connectivity index (χ1n) is 6.35. The molecule has 0 unspecified atom stereocenters. The van der Waals surface area contributed by atoms with Crippen LogP contribution in [0.15, 0.2) is 54.7 Å². The zero-order valence-electron chi connectivity index (χ0n) is 11.0. The maximum absolute atomic E-state index is 12.3. The van der Waals surface area contributed by atoms with Crippen LogP contribution in [-0.4, -0.2) is 10.9 Å². The molecule has 3 aromatic rings. The summed E-state index contributed by atoms with van der Waals surface area (Å²) in [5.41, 5.74) is 7.90. The Morgan fingerprint density at radius 3 is 2.76 bits per heavy atom. The lowest BCUT2D eigenvalue weighted by molar-refractivity contribution is 0.102. The van der Waals surface area contributed by atoms with E-state index in [0.29, 0.717) is 27.5 Å². The Hall–Kier alpha value is -2.59. The van der Waals surface area contributed by atoms with Crippen LogP contribution in [0, 0.1) is 0 Å². The topological polar surface area (TPSA) is 68.0 Å². The summed E-state index contributed by atoms with van der Waals surface area (Å²) in [5.74, 6) is -0.290. The number of carbonyl (C=O) groups excluding carboxylic acids is 1. The highest BCUT2D eigenvalue weighted by Gasteiger charge is 2.12. The van der Waals surface area contributed by atoms with E-state index in [1.165, 1.54) is 0 Å². The summed E-state index contributed by atoms with van der Waals surface area (Å²) in [6.45, 7) is 0. The molecule has 0 aliphatic carbocycles. The highest BCUT2D eigenvalue weighted by Crippen LogP contribution is 2.27. The van der Waals surface area contributed by atoms with E-state index in [0.717, 1.165) is 5.39 Å². The number of nitrogens with zero attached hydrogens (tertiary/aromatic N) is 1. The number of pyridine rings is 1. The molecule has 0 saturated heterocycles. The van der Waals surface area contributed by atoms with E-state index in [1.807, 2.05) is 12.1 Å². The van der Waals surface area contributed by atoms with Crippen LogP contribution in [0.5, 0.6) is 0 Å². The van der Waals surface area contributed by atoms with Gasteiger partial charge in [0.1, 0.15) is 0 Å². The van der Waals surface area contributed by atoms with Gasteiger partial charge in [0.15, 0.2) is 0 Å². The Labute approximate surface area is 126 Å². The number of halogens is 1. The van der Waals surface area contributed by atoms with Gasteiger partial charge in [-0.3, -0.25) is 9.78 Å². The predicted octanol–water partition coefficient (Wildman–Crippen LogP) is 3.72. The van der Waals surface area contributed by atoms with Crippen molar-refractivity contribution < 1.29 is 4.79 Å². The first kappa shape index (κ1) is 13.4. The third-order valence-corrected chi connectivity index (χ3v) is 3.34. The Bertz CT molecular complexity index is 833. The maximum atomic E-state index is 12.3. The molecule has 3 N–H and O–H groups in total. The first-order valence-corrected chi connectivity index (χ1v) is 6.73. The Morgan fingerprint density at radius 2 is 1.95 bits per heavy atom. The lowest BCUT2D eigenvalue weighted by Gasteiger charge is -2.10. The number of hydrogen-bond donors (Lipinski definition) is 2. The number of benzene rings is 2. The van der Waals surface area contributed by atoms with Crippen LogP contribution in [-0.2, 0) is 0 Å². The molecule has 0 saturated carbocycles. The van der Waals surface area contributed by atoms with Crippen molar-refractivity contribution in [2.45, 2.75) is 0 Å². The Morgan fingerprint density at radius 1 is 1.14 bits per heavy atom. The molecule has 0 aliphatic rings. The third kappa shape index (κ3) is 2.66. The fourth-order valence-electron chi connectivity index (χ4n) is 2.14. The molecule has 3 rings (SSSR count). The Balaban J connectivity index is 2.02. The minimum atomic E-state index is -0.290. The molecule has 104 valence electrons. The molecule has 0 radical (unpaired) electrons. The van der Waals surface area contributed by atoms with Gasteiger partial charge in [-0.15, -0.1) is 0 Å². The van der Waals surface area contributed by atoms with Gasteiger partial charge in [-0.05, 0) is 30.3 Å². The van der Waals surface area contributed by atoms with Crippen LogP contribution in [0.4, 0.5) is 11.4 Å². The van der Waals surface area contributed by atoms with E-state index in [4.69, 9.17) is 17.3 Å². The molecule has 1 aromatic heterocycles. The number of fused-ring (bicyclic) bond motifs is 1. The normalized spacial score (nSPS) is 10.5. The molecule has 0 atom stereocenters. The fraction of sp³-hybridized carbons (Fsp3) is 0. The first-order chi connectivity index (χ1) is 10.1. The summed E-state index contributed by atoms with van der Waals surface area (Å²) in [7, 11) is 0. The number of anilines is 2. The zero-order valence-corrected chi connectivity index (χ0v) is 11.8. The zero-order chi connectivity index (χ0) is 14.8. The van der Waals surface area contributed by atoms with E-state index in [-0.39, 0.29) is 5.91 Å². The van der Waals surface area contributed by atoms with E-state index in [9.17, 15) is 4.79 Å². The van der Waals surface area contributed by atoms with Crippen LogP contribution in [0.2, 0.25) is 5.02 Å². The van der Waals surface area contributed by atoms with Gasteiger partial charge in [-0.1, -0.05) is 29.8 Å². The summed E-state index contributed by atoms with van der Waals surface area (Å²) in [5, 5.41) is 4.21. The molecule has 5 heteroatoms. The number of aromatic nitrogens is 1. The van der Waals surface area contributed by atoms with Crippen LogP contribution in [0.25, 0.3) is 10.9 Å². The SMILES string of the molecule is Nc1ccccc1C(=O)Nc1cc(Cl)cc2cccnc12. The van der Waals surface area contributed by atoms with Gasteiger partial charge >= 0.3 is 0 Å². The molecule has 4 nitrogen and oxygen atoms in total. The van der Waals surface area contributed by atoms with Crippen molar-refractivity contribution in [1.82, 2.24) is 4.98 Å². The van der Waals surface area contributed by atoms with Gasteiger partial charge in [-0.2, -0.15) is 0 Å². The monoisotopic (exact) mass is 297 g/mol. The average Bonchev–Trinajstić information content (AvgIpc) is 2.47. The smallest absolute Gasteiger partial charge is 0.257 e. The molecule has 0 bridgehead atoms.